The zero-order valence-electron chi connectivity index (χ0n) is 11.0. The molecule has 1 unspecified atom stereocenters. The summed E-state index contributed by atoms with van der Waals surface area (Å²) in [6.07, 6.45) is 0.429. The van der Waals surface area contributed by atoms with Crippen molar-refractivity contribution in [3.63, 3.8) is 0 Å². The summed E-state index contributed by atoms with van der Waals surface area (Å²) in [5.41, 5.74) is 9.05. The highest BCUT2D eigenvalue weighted by Gasteiger charge is 2.17. The summed E-state index contributed by atoms with van der Waals surface area (Å²) in [6, 6.07) is 12.4. The fourth-order valence-electron chi connectivity index (χ4n) is 2.14. The number of nitrogens with zero attached hydrogens (tertiary/aromatic N) is 1. The largest absolute Gasteiger partial charge is 0.324 e. The first-order valence-corrected chi connectivity index (χ1v) is 7.02. The molecule has 0 spiro atoms. The highest BCUT2D eigenvalue weighted by molar-refractivity contribution is 9.10. The van der Waals surface area contributed by atoms with Gasteiger partial charge in [0.05, 0.1) is 4.92 Å². The Labute approximate surface area is 125 Å². The summed E-state index contributed by atoms with van der Waals surface area (Å²) in [5.74, 6) is 0. The van der Waals surface area contributed by atoms with Crippen LogP contribution >= 0.6 is 15.9 Å². The fraction of sp³-hybridized carbons (Fsp3) is 0.200. The van der Waals surface area contributed by atoms with E-state index in [0.29, 0.717) is 12.0 Å². The van der Waals surface area contributed by atoms with Crippen LogP contribution in [0.2, 0.25) is 0 Å². The van der Waals surface area contributed by atoms with Crippen molar-refractivity contribution < 1.29 is 4.92 Å². The highest BCUT2D eigenvalue weighted by Crippen LogP contribution is 2.28. The summed E-state index contributed by atoms with van der Waals surface area (Å²) < 4.78 is 0.934. The van der Waals surface area contributed by atoms with E-state index in [1.807, 2.05) is 25.1 Å². The van der Waals surface area contributed by atoms with Gasteiger partial charge in [-0.05, 0) is 30.5 Å². The standard InChI is InChI=1S/C15H15BrN2O2/c1-10-6-7-12(13(16)8-10)14(17)9-11-4-2-3-5-15(11)18(19)20/h2-8,14H,9,17H2,1H3. The van der Waals surface area contributed by atoms with E-state index in [9.17, 15) is 10.1 Å². The lowest BCUT2D eigenvalue weighted by molar-refractivity contribution is -0.385. The van der Waals surface area contributed by atoms with Crippen molar-refractivity contribution in [2.45, 2.75) is 19.4 Å². The van der Waals surface area contributed by atoms with Crippen LogP contribution in [-0.2, 0) is 6.42 Å². The lowest BCUT2D eigenvalue weighted by atomic mass is 9.98. The van der Waals surface area contributed by atoms with Gasteiger partial charge in [-0.25, -0.2) is 0 Å². The molecule has 0 aliphatic carbocycles. The molecule has 2 N–H and O–H groups in total. The molecule has 0 saturated heterocycles. The number of para-hydroxylation sites is 1. The number of aryl methyl sites for hydroxylation is 1. The van der Waals surface area contributed by atoms with Gasteiger partial charge in [0, 0.05) is 22.1 Å². The number of hydrogen-bond donors (Lipinski definition) is 1. The minimum absolute atomic E-state index is 0.117. The first-order valence-electron chi connectivity index (χ1n) is 6.23. The molecule has 0 heterocycles. The van der Waals surface area contributed by atoms with Gasteiger partial charge in [-0.1, -0.05) is 46.3 Å². The number of halogens is 1. The van der Waals surface area contributed by atoms with Crippen LogP contribution in [0.5, 0.6) is 0 Å². The summed E-state index contributed by atoms with van der Waals surface area (Å²) in [4.78, 5) is 10.6. The van der Waals surface area contributed by atoms with Gasteiger partial charge in [0.1, 0.15) is 0 Å². The van der Waals surface area contributed by atoms with Gasteiger partial charge < -0.3 is 5.73 Å². The number of nitro groups is 1. The Balaban J connectivity index is 2.28. The molecule has 0 bridgehead atoms. The molecule has 0 aliphatic heterocycles. The van der Waals surface area contributed by atoms with E-state index in [1.54, 1.807) is 18.2 Å². The van der Waals surface area contributed by atoms with Crippen LogP contribution in [0.15, 0.2) is 46.9 Å². The molecule has 20 heavy (non-hydrogen) atoms. The second-order valence-corrected chi connectivity index (χ2v) is 5.58. The maximum atomic E-state index is 11.0. The number of rotatable bonds is 4. The molecule has 2 aromatic carbocycles. The van der Waals surface area contributed by atoms with Crippen LogP contribution in [0.25, 0.3) is 0 Å². The quantitative estimate of drug-likeness (QED) is 0.680. The number of hydrogen-bond acceptors (Lipinski definition) is 3. The van der Waals surface area contributed by atoms with E-state index in [-0.39, 0.29) is 16.7 Å². The van der Waals surface area contributed by atoms with E-state index < -0.39 is 0 Å². The lowest BCUT2D eigenvalue weighted by Gasteiger charge is -2.14. The second kappa shape index (κ2) is 6.15. The Morgan fingerprint density at radius 3 is 2.65 bits per heavy atom. The average molecular weight is 335 g/mol. The maximum absolute atomic E-state index is 11.0. The SMILES string of the molecule is Cc1ccc(C(N)Cc2ccccc2[N+](=O)[O-])c(Br)c1. The van der Waals surface area contributed by atoms with Gasteiger partial charge in [-0.3, -0.25) is 10.1 Å². The van der Waals surface area contributed by atoms with Crippen molar-refractivity contribution in [2.75, 3.05) is 0 Å². The molecule has 104 valence electrons. The number of benzene rings is 2. The third-order valence-electron chi connectivity index (χ3n) is 3.18. The van der Waals surface area contributed by atoms with Gasteiger partial charge in [0.25, 0.3) is 5.69 Å². The first-order chi connectivity index (χ1) is 9.49. The monoisotopic (exact) mass is 334 g/mol. The summed E-state index contributed by atoms with van der Waals surface area (Å²) >= 11 is 3.49. The minimum atomic E-state index is -0.369. The van der Waals surface area contributed by atoms with E-state index in [4.69, 9.17) is 5.73 Å². The third-order valence-corrected chi connectivity index (χ3v) is 3.87. The number of nitro benzene ring substituents is 1. The fourth-order valence-corrected chi connectivity index (χ4v) is 2.93. The molecule has 4 nitrogen and oxygen atoms in total. The van der Waals surface area contributed by atoms with Crippen LogP contribution in [0.1, 0.15) is 22.7 Å². The summed E-state index contributed by atoms with van der Waals surface area (Å²) in [5, 5.41) is 11.0. The Hall–Kier alpha value is -1.72. The summed E-state index contributed by atoms with van der Waals surface area (Å²) in [7, 11) is 0. The average Bonchev–Trinajstić information content (AvgIpc) is 2.38. The smallest absolute Gasteiger partial charge is 0.272 e. The zero-order chi connectivity index (χ0) is 14.7. The van der Waals surface area contributed by atoms with Gasteiger partial charge in [0.2, 0.25) is 0 Å². The van der Waals surface area contributed by atoms with Crippen LogP contribution in [-0.4, -0.2) is 4.92 Å². The van der Waals surface area contributed by atoms with Gasteiger partial charge in [-0.2, -0.15) is 0 Å². The van der Waals surface area contributed by atoms with E-state index in [2.05, 4.69) is 15.9 Å². The van der Waals surface area contributed by atoms with Crippen LogP contribution in [0, 0.1) is 17.0 Å². The minimum Gasteiger partial charge on any atom is -0.324 e. The molecular formula is C15H15BrN2O2. The van der Waals surface area contributed by atoms with E-state index >= 15 is 0 Å². The molecule has 1 atom stereocenters. The van der Waals surface area contributed by atoms with E-state index in [0.717, 1.165) is 15.6 Å². The molecule has 0 amide bonds. The zero-order valence-corrected chi connectivity index (χ0v) is 12.6. The topological polar surface area (TPSA) is 69.2 Å². The molecule has 0 saturated carbocycles. The van der Waals surface area contributed by atoms with Crippen molar-refractivity contribution in [2.24, 2.45) is 5.73 Å². The van der Waals surface area contributed by atoms with Crippen LogP contribution in [0.4, 0.5) is 5.69 Å². The molecule has 5 heteroatoms. The van der Waals surface area contributed by atoms with Gasteiger partial charge >= 0.3 is 0 Å². The van der Waals surface area contributed by atoms with Crippen molar-refractivity contribution >= 4 is 21.6 Å². The Morgan fingerprint density at radius 1 is 1.30 bits per heavy atom. The molecule has 0 radical (unpaired) electrons. The van der Waals surface area contributed by atoms with Gasteiger partial charge in [0.15, 0.2) is 0 Å². The molecular weight excluding hydrogens is 320 g/mol. The molecule has 0 aromatic heterocycles. The lowest BCUT2D eigenvalue weighted by Crippen LogP contribution is -2.15. The van der Waals surface area contributed by atoms with Crippen molar-refractivity contribution in [3.8, 4) is 0 Å². The Morgan fingerprint density at radius 2 is 2.00 bits per heavy atom. The predicted octanol–water partition coefficient (Wildman–Crippen LogP) is 3.91. The molecule has 2 aromatic rings. The molecule has 2 rings (SSSR count). The molecule has 0 fully saturated rings. The van der Waals surface area contributed by atoms with Crippen molar-refractivity contribution in [3.05, 3.63) is 73.7 Å². The van der Waals surface area contributed by atoms with Crippen molar-refractivity contribution in [1.82, 2.24) is 0 Å². The molecule has 0 aliphatic rings. The predicted molar refractivity (Wildman–Crippen MR) is 82.6 cm³/mol. The first kappa shape index (κ1) is 14.7. The van der Waals surface area contributed by atoms with Crippen LogP contribution in [0.3, 0.4) is 0 Å². The normalized spacial score (nSPS) is 12.2. The van der Waals surface area contributed by atoms with E-state index in [1.165, 1.54) is 6.07 Å². The second-order valence-electron chi connectivity index (χ2n) is 4.72. The summed E-state index contributed by atoms with van der Waals surface area (Å²) in [6.45, 7) is 2.00. The van der Waals surface area contributed by atoms with Crippen molar-refractivity contribution in [1.29, 1.82) is 0 Å². The third kappa shape index (κ3) is 3.23. The maximum Gasteiger partial charge on any atom is 0.272 e. The highest BCUT2D eigenvalue weighted by atomic mass is 79.9. The Kier molecular flexibility index (Phi) is 4.52. The Bertz CT molecular complexity index is 644. The number of nitrogens with two attached hydrogens (primary N) is 1. The van der Waals surface area contributed by atoms with Crippen LogP contribution < -0.4 is 5.73 Å². The van der Waals surface area contributed by atoms with Gasteiger partial charge in [-0.15, -0.1) is 0 Å².